The van der Waals surface area contributed by atoms with Crippen molar-refractivity contribution in [2.45, 2.75) is 30.1 Å². The van der Waals surface area contributed by atoms with Gasteiger partial charge in [0.15, 0.2) is 0 Å². The summed E-state index contributed by atoms with van der Waals surface area (Å²) in [5.74, 6) is 0. The smallest absolute Gasteiger partial charge is 0.252 e. The lowest BCUT2D eigenvalue weighted by Crippen LogP contribution is -2.42. The molecule has 1 fully saturated rings. The van der Waals surface area contributed by atoms with Crippen LogP contribution < -0.4 is 0 Å². The number of rotatable bonds is 4. The van der Waals surface area contributed by atoms with Gasteiger partial charge in [-0.1, -0.05) is 6.07 Å². The van der Waals surface area contributed by atoms with E-state index in [0.29, 0.717) is 23.9 Å². The van der Waals surface area contributed by atoms with E-state index < -0.39 is 10.0 Å². The molecule has 0 radical (unpaired) electrons. The lowest BCUT2D eigenvalue weighted by Gasteiger charge is -2.31. The van der Waals surface area contributed by atoms with E-state index in [1.165, 1.54) is 11.3 Å². The monoisotopic (exact) mass is 275 g/mol. The van der Waals surface area contributed by atoms with Crippen molar-refractivity contribution >= 4 is 21.4 Å². The maximum absolute atomic E-state index is 12.3. The molecule has 6 heteroatoms. The Bertz CT molecular complexity index is 439. The molecule has 0 amide bonds. The van der Waals surface area contributed by atoms with Gasteiger partial charge in [-0.3, -0.25) is 0 Å². The van der Waals surface area contributed by atoms with Gasteiger partial charge in [0.05, 0.1) is 6.10 Å². The Hall–Kier alpha value is -0.430. The molecule has 2 heterocycles. The molecule has 0 spiro atoms. The van der Waals surface area contributed by atoms with Crippen LogP contribution >= 0.6 is 11.3 Å². The van der Waals surface area contributed by atoms with Crippen LogP contribution in [0, 0.1) is 0 Å². The van der Waals surface area contributed by atoms with Gasteiger partial charge in [0.2, 0.25) is 0 Å². The molecule has 0 aliphatic carbocycles. The zero-order valence-corrected chi connectivity index (χ0v) is 11.5. The van der Waals surface area contributed by atoms with E-state index in [1.54, 1.807) is 21.8 Å². The molecule has 1 aliphatic heterocycles. The highest BCUT2D eigenvalue weighted by molar-refractivity contribution is 7.91. The summed E-state index contributed by atoms with van der Waals surface area (Å²) in [5.41, 5.74) is 0. The van der Waals surface area contributed by atoms with E-state index in [9.17, 15) is 8.42 Å². The van der Waals surface area contributed by atoms with Crippen LogP contribution in [0.2, 0.25) is 0 Å². The molecular weight excluding hydrogens is 258 g/mol. The van der Waals surface area contributed by atoms with E-state index in [4.69, 9.17) is 4.74 Å². The van der Waals surface area contributed by atoms with Crippen LogP contribution in [-0.4, -0.2) is 38.5 Å². The maximum atomic E-state index is 12.3. The lowest BCUT2D eigenvalue weighted by atomic mass is 10.1. The molecule has 96 valence electrons. The van der Waals surface area contributed by atoms with Crippen molar-refractivity contribution < 1.29 is 13.2 Å². The quantitative estimate of drug-likeness (QED) is 0.843. The third-order valence-corrected chi connectivity index (χ3v) is 6.07. The van der Waals surface area contributed by atoms with Gasteiger partial charge in [-0.05, 0) is 31.2 Å². The van der Waals surface area contributed by atoms with E-state index >= 15 is 0 Å². The summed E-state index contributed by atoms with van der Waals surface area (Å²) in [4.78, 5) is 0. The topological polar surface area (TPSA) is 46.6 Å². The SMILES string of the molecule is CCO[C@H]1CCCN(S(=O)(=O)c2cccs2)C1. The largest absolute Gasteiger partial charge is 0.377 e. The number of hydrogen-bond donors (Lipinski definition) is 0. The van der Waals surface area contributed by atoms with Gasteiger partial charge >= 0.3 is 0 Å². The van der Waals surface area contributed by atoms with Crippen LogP contribution in [0.4, 0.5) is 0 Å². The molecule has 4 nitrogen and oxygen atoms in total. The van der Waals surface area contributed by atoms with Crippen molar-refractivity contribution in [2.24, 2.45) is 0 Å². The van der Waals surface area contributed by atoms with Crippen LogP contribution in [-0.2, 0) is 14.8 Å². The van der Waals surface area contributed by atoms with E-state index in [1.807, 2.05) is 6.92 Å². The Kier molecular flexibility index (Phi) is 4.19. The summed E-state index contributed by atoms with van der Waals surface area (Å²) >= 11 is 1.27. The zero-order chi connectivity index (χ0) is 12.3. The first-order valence-corrected chi connectivity index (χ1v) is 8.12. The number of sulfonamides is 1. The summed E-state index contributed by atoms with van der Waals surface area (Å²) in [6.45, 7) is 3.65. The first kappa shape index (κ1) is 13.0. The molecule has 1 aromatic heterocycles. The lowest BCUT2D eigenvalue weighted by molar-refractivity contribution is 0.0265. The number of ether oxygens (including phenoxy) is 1. The van der Waals surface area contributed by atoms with Gasteiger partial charge in [-0.15, -0.1) is 11.3 Å². The maximum Gasteiger partial charge on any atom is 0.252 e. The minimum atomic E-state index is -3.30. The van der Waals surface area contributed by atoms with Crippen LogP contribution in [0.1, 0.15) is 19.8 Å². The highest BCUT2D eigenvalue weighted by Gasteiger charge is 2.30. The van der Waals surface area contributed by atoms with Crippen molar-refractivity contribution in [1.82, 2.24) is 4.31 Å². The fraction of sp³-hybridized carbons (Fsp3) is 0.636. The molecule has 2 rings (SSSR count). The Labute approximate surface area is 106 Å². The Morgan fingerprint density at radius 2 is 2.41 bits per heavy atom. The molecule has 1 aliphatic rings. The van der Waals surface area contributed by atoms with Gasteiger partial charge in [-0.2, -0.15) is 4.31 Å². The minimum absolute atomic E-state index is 0.0449. The van der Waals surface area contributed by atoms with Crippen LogP contribution in [0.5, 0.6) is 0 Å². The second-order valence-corrected chi connectivity index (χ2v) is 7.13. The predicted molar refractivity (Wildman–Crippen MR) is 67.7 cm³/mol. The minimum Gasteiger partial charge on any atom is -0.377 e. The Morgan fingerprint density at radius 3 is 3.06 bits per heavy atom. The van der Waals surface area contributed by atoms with Crippen LogP contribution in [0.25, 0.3) is 0 Å². The standard InChI is InChI=1S/C11H17NO3S2/c1-2-15-10-5-3-7-12(9-10)17(13,14)11-6-4-8-16-11/h4,6,8,10H,2-3,5,7,9H2,1H3/t10-/m0/s1. The van der Waals surface area contributed by atoms with Gasteiger partial charge < -0.3 is 4.74 Å². The first-order valence-electron chi connectivity index (χ1n) is 5.80. The molecule has 0 bridgehead atoms. The fourth-order valence-corrected chi connectivity index (χ4v) is 4.69. The van der Waals surface area contributed by atoms with Crippen molar-refractivity contribution in [2.75, 3.05) is 19.7 Å². The number of piperidine rings is 1. The third kappa shape index (κ3) is 2.88. The highest BCUT2D eigenvalue weighted by atomic mass is 32.2. The molecule has 1 saturated heterocycles. The molecule has 0 saturated carbocycles. The average Bonchev–Trinajstić information content (AvgIpc) is 2.84. The normalized spacial score (nSPS) is 22.8. The molecule has 0 unspecified atom stereocenters. The average molecular weight is 275 g/mol. The molecular formula is C11H17NO3S2. The fourth-order valence-electron chi connectivity index (χ4n) is 2.03. The summed E-state index contributed by atoms with van der Waals surface area (Å²) in [7, 11) is -3.30. The number of thiophene rings is 1. The molecule has 0 N–H and O–H groups in total. The summed E-state index contributed by atoms with van der Waals surface area (Å²) in [5, 5.41) is 1.79. The summed E-state index contributed by atoms with van der Waals surface area (Å²) in [6.07, 6.45) is 1.86. The predicted octanol–water partition coefficient (Wildman–Crippen LogP) is 1.94. The van der Waals surface area contributed by atoms with Gasteiger partial charge in [0.25, 0.3) is 10.0 Å². The zero-order valence-electron chi connectivity index (χ0n) is 9.83. The molecule has 0 aromatic carbocycles. The molecule has 17 heavy (non-hydrogen) atoms. The first-order chi connectivity index (χ1) is 8.14. The van der Waals surface area contributed by atoms with Crippen molar-refractivity contribution in [3.63, 3.8) is 0 Å². The summed E-state index contributed by atoms with van der Waals surface area (Å²) in [6, 6.07) is 3.42. The highest BCUT2D eigenvalue weighted by Crippen LogP contribution is 2.24. The van der Waals surface area contributed by atoms with Crippen molar-refractivity contribution in [3.05, 3.63) is 17.5 Å². The third-order valence-electron chi connectivity index (χ3n) is 2.83. The van der Waals surface area contributed by atoms with Gasteiger partial charge in [0, 0.05) is 19.7 Å². The van der Waals surface area contributed by atoms with Crippen molar-refractivity contribution in [3.8, 4) is 0 Å². The second kappa shape index (κ2) is 5.48. The second-order valence-electron chi connectivity index (χ2n) is 4.01. The molecule has 1 atom stereocenters. The van der Waals surface area contributed by atoms with Gasteiger partial charge in [0.1, 0.15) is 4.21 Å². The van der Waals surface area contributed by atoms with E-state index in [2.05, 4.69) is 0 Å². The van der Waals surface area contributed by atoms with E-state index in [-0.39, 0.29) is 6.10 Å². The van der Waals surface area contributed by atoms with Crippen LogP contribution in [0.3, 0.4) is 0 Å². The number of nitrogens with zero attached hydrogens (tertiary/aromatic N) is 1. The number of hydrogen-bond acceptors (Lipinski definition) is 4. The van der Waals surface area contributed by atoms with Gasteiger partial charge in [-0.25, -0.2) is 8.42 Å². The van der Waals surface area contributed by atoms with Crippen molar-refractivity contribution in [1.29, 1.82) is 0 Å². The molecule has 1 aromatic rings. The van der Waals surface area contributed by atoms with Crippen LogP contribution in [0.15, 0.2) is 21.7 Å². The van der Waals surface area contributed by atoms with E-state index in [0.717, 1.165) is 12.8 Å². The Morgan fingerprint density at radius 1 is 1.59 bits per heavy atom. The Balaban J connectivity index is 2.12. The summed E-state index contributed by atoms with van der Waals surface area (Å²) < 4.78 is 32.1.